The Morgan fingerprint density at radius 3 is 2.29 bits per heavy atom. The van der Waals surface area contributed by atoms with Gasteiger partial charge < -0.3 is 25.7 Å². The molecule has 0 heterocycles. The average molecular weight is 241 g/mol. The van der Waals surface area contributed by atoms with Crippen molar-refractivity contribution in [2.45, 2.75) is 39.0 Å². The van der Waals surface area contributed by atoms with Crippen LogP contribution < -0.4 is 5.32 Å². The Balaban J connectivity index is 2.81. The highest BCUT2D eigenvalue weighted by Gasteiger charge is 2.23. The maximum Gasteiger partial charge on any atom is 0.200 e. The highest BCUT2D eigenvalue weighted by molar-refractivity contribution is 5.53. The molecule has 1 unspecified atom stereocenters. The van der Waals surface area contributed by atoms with E-state index in [2.05, 4.69) is 5.32 Å². The van der Waals surface area contributed by atoms with Crippen LogP contribution in [0.15, 0.2) is 12.1 Å². The van der Waals surface area contributed by atoms with E-state index in [1.165, 1.54) is 12.1 Å². The number of nitrogens with one attached hydrogen (secondary N) is 1. The zero-order valence-corrected chi connectivity index (χ0v) is 10.2. The van der Waals surface area contributed by atoms with Gasteiger partial charge in [0.05, 0.1) is 6.10 Å². The monoisotopic (exact) mass is 241 g/mol. The van der Waals surface area contributed by atoms with Gasteiger partial charge in [-0.15, -0.1) is 0 Å². The second-order valence-electron chi connectivity index (χ2n) is 4.69. The van der Waals surface area contributed by atoms with Crippen molar-refractivity contribution in [3.8, 4) is 17.2 Å². The molecule has 1 rings (SSSR count). The van der Waals surface area contributed by atoms with Gasteiger partial charge in [0.25, 0.3) is 0 Å². The van der Waals surface area contributed by atoms with E-state index in [9.17, 15) is 20.4 Å². The molecule has 0 aliphatic rings. The smallest absolute Gasteiger partial charge is 0.200 e. The maximum atomic E-state index is 9.60. The minimum Gasteiger partial charge on any atom is -0.504 e. The van der Waals surface area contributed by atoms with Gasteiger partial charge in [0.2, 0.25) is 5.75 Å². The molecule has 0 aliphatic carbocycles. The first-order valence-electron chi connectivity index (χ1n) is 5.41. The van der Waals surface area contributed by atoms with E-state index < -0.39 is 17.4 Å². The van der Waals surface area contributed by atoms with Gasteiger partial charge in [-0.25, -0.2) is 0 Å². The van der Waals surface area contributed by atoms with Crippen molar-refractivity contribution in [2.24, 2.45) is 0 Å². The van der Waals surface area contributed by atoms with Gasteiger partial charge >= 0.3 is 0 Å². The molecule has 17 heavy (non-hydrogen) atoms. The Hall–Kier alpha value is -1.46. The van der Waals surface area contributed by atoms with Crippen molar-refractivity contribution in [3.05, 3.63) is 17.7 Å². The van der Waals surface area contributed by atoms with Crippen LogP contribution in [0, 0.1) is 0 Å². The zero-order valence-electron chi connectivity index (χ0n) is 10.2. The molecule has 0 bridgehead atoms. The summed E-state index contributed by atoms with van der Waals surface area (Å²) >= 11 is 0. The third kappa shape index (κ3) is 3.01. The topological polar surface area (TPSA) is 93.0 Å². The molecule has 5 heteroatoms. The number of benzene rings is 1. The molecular weight excluding hydrogens is 222 g/mol. The quantitative estimate of drug-likeness (QED) is 0.508. The van der Waals surface area contributed by atoms with Crippen LogP contribution in [0.3, 0.4) is 0 Å². The number of aromatic hydroxyl groups is 3. The molecule has 0 saturated carbocycles. The fourth-order valence-electron chi connectivity index (χ4n) is 1.22. The van der Waals surface area contributed by atoms with Crippen molar-refractivity contribution < 1.29 is 20.4 Å². The molecule has 0 amide bonds. The van der Waals surface area contributed by atoms with Crippen LogP contribution in [0.2, 0.25) is 0 Å². The Morgan fingerprint density at radius 2 is 1.76 bits per heavy atom. The lowest BCUT2D eigenvalue weighted by molar-refractivity contribution is 0.0954. The van der Waals surface area contributed by atoms with Crippen molar-refractivity contribution >= 4 is 0 Å². The summed E-state index contributed by atoms with van der Waals surface area (Å²) < 4.78 is 0. The first-order chi connectivity index (χ1) is 7.75. The van der Waals surface area contributed by atoms with Gasteiger partial charge in [-0.2, -0.15) is 0 Å². The number of rotatable bonds is 4. The molecule has 5 N–H and O–H groups in total. The van der Waals surface area contributed by atoms with Crippen LogP contribution in [0.25, 0.3) is 0 Å². The summed E-state index contributed by atoms with van der Waals surface area (Å²) in [6.45, 7) is 5.60. The largest absolute Gasteiger partial charge is 0.504 e. The highest BCUT2D eigenvalue weighted by Crippen LogP contribution is 2.37. The second kappa shape index (κ2) is 4.81. The summed E-state index contributed by atoms with van der Waals surface area (Å²) in [4.78, 5) is 0. The predicted octanol–water partition coefficient (Wildman–Crippen LogP) is 1.05. The average Bonchev–Trinajstić information content (AvgIpc) is 2.25. The van der Waals surface area contributed by atoms with E-state index >= 15 is 0 Å². The molecule has 1 aromatic carbocycles. The molecule has 0 aliphatic heterocycles. The first-order valence-corrected chi connectivity index (χ1v) is 5.41. The van der Waals surface area contributed by atoms with Gasteiger partial charge in [0.15, 0.2) is 11.5 Å². The molecule has 1 aromatic rings. The number of hydrogen-bond acceptors (Lipinski definition) is 5. The van der Waals surface area contributed by atoms with E-state index in [-0.39, 0.29) is 18.0 Å². The Bertz CT molecular complexity index is 402. The van der Waals surface area contributed by atoms with E-state index in [0.717, 1.165) is 0 Å². The van der Waals surface area contributed by atoms with Crippen LogP contribution in [-0.2, 0) is 6.54 Å². The van der Waals surface area contributed by atoms with E-state index in [4.69, 9.17) is 0 Å². The number of phenolic OH excluding ortho intramolecular Hbond substituents is 3. The van der Waals surface area contributed by atoms with E-state index in [0.29, 0.717) is 5.56 Å². The van der Waals surface area contributed by atoms with Crippen LogP contribution in [0.1, 0.15) is 26.3 Å². The van der Waals surface area contributed by atoms with Gasteiger partial charge in [-0.1, -0.05) is 6.07 Å². The molecule has 5 nitrogen and oxygen atoms in total. The van der Waals surface area contributed by atoms with E-state index in [1.54, 1.807) is 6.92 Å². The molecule has 0 radical (unpaired) electrons. The van der Waals surface area contributed by atoms with Crippen molar-refractivity contribution in [1.82, 2.24) is 5.32 Å². The van der Waals surface area contributed by atoms with Crippen molar-refractivity contribution in [1.29, 1.82) is 0 Å². The molecule has 96 valence electrons. The summed E-state index contributed by atoms with van der Waals surface area (Å²) in [6.07, 6.45) is -0.560. The van der Waals surface area contributed by atoms with Crippen LogP contribution in [0.4, 0.5) is 0 Å². The number of aliphatic hydroxyl groups is 1. The van der Waals surface area contributed by atoms with Gasteiger partial charge in [0.1, 0.15) is 0 Å². The van der Waals surface area contributed by atoms with Crippen molar-refractivity contribution in [2.75, 3.05) is 0 Å². The maximum absolute atomic E-state index is 9.60. The Labute approximate surface area is 100 Å². The first kappa shape index (κ1) is 13.6. The molecule has 1 atom stereocenters. The lowest BCUT2D eigenvalue weighted by atomic mass is 9.98. The van der Waals surface area contributed by atoms with Crippen LogP contribution in [0.5, 0.6) is 17.2 Å². The normalized spacial score (nSPS) is 13.6. The molecule has 0 aromatic heterocycles. The van der Waals surface area contributed by atoms with Gasteiger partial charge in [-0.05, 0) is 26.8 Å². The molecule has 0 spiro atoms. The van der Waals surface area contributed by atoms with Gasteiger partial charge in [0, 0.05) is 17.6 Å². The minimum absolute atomic E-state index is 0.275. The summed E-state index contributed by atoms with van der Waals surface area (Å²) in [5, 5.41) is 40.7. The third-order valence-electron chi connectivity index (χ3n) is 2.99. The van der Waals surface area contributed by atoms with Crippen LogP contribution >= 0.6 is 0 Å². The minimum atomic E-state index is -0.560. The lowest BCUT2D eigenvalue weighted by Gasteiger charge is -2.29. The summed E-state index contributed by atoms with van der Waals surface area (Å²) in [5.74, 6) is -1.24. The SMILES string of the molecule is CC(O)C(C)(C)NCc1ccc(O)c(O)c1O. The number of aliphatic hydroxyl groups excluding tert-OH is 1. The molecular formula is C12H19NO4. The fourth-order valence-corrected chi connectivity index (χ4v) is 1.22. The van der Waals surface area contributed by atoms with Crippen LogP contribution in [-0.4, -0.2) is 32.1 Å². The Morgan fingerprint density at radius 1 is 1.18 bits per heavy atom. The Kier molecular flexibility index (Phi) is 3.85. The predicted molar refractivity (Wildman–Crippen MR) is 64.0 cm³/mol. The van der Waals surface area contributed by atoms with Gasteiger partial charge in [-0.3, -0.25) is 0 Å². The molecule has 0 saturated heterocycles. The summed E-state index contributed by atoms with van der Waals surface area (Å²) in [7, 11) is 0. The lowest BCUT2D eigenvalue weighted by Crippen LogP contribution is -2.47. The zero-order chi connectivity index (χ0) is 13.2. The van der Waals surface area contributed by atoms with Crippen molar-refractivity contribution in [3.63, 3.8) is 0 Å². The summed E-state index contributed by atoms with van der Waals surface area (Å²) in [5.41, 5.74) is -0.0611. The number of hydrogen-bond donors (Lipinski definition) is 5. The summed E-state index contributed by atoms with van der Waals surface area (Å²) in [6, 6.07) is 2.82. The standard InChI is InChI=1S/C12H19NO4/c1-7(14)12(2,3)13-6-8-4-5-9(15)11(17)10(8)16/h4-5,7,13-17H,6H2,1-3H3. The number of phenols is 3. The molecule has 0 fully saturated rings. The third-order valence-corrected chi connectivity index (χ3v) is 2.99. The second-order valence-corrected chi connectivity index (χ2v) is 4.69. The highest BCUT2D eigenvalue weighted by atomic mass is 16.3. The fraction of sp³-hybridized carbons (Fsp3) is 0.500. The van der Waals surface area contributed by atoms with E-state index in [1.807, 2.05) is 13.8 Å².